The molecular formula is C20H14ClN3O3. The summed E-state index contributed by atoms with van der Waals surface area (Å²) in [5, 5.41) is 12.4. The van der Waals surface area contributed by atoms with Gasteiger partial charge in [-0.3, -0.25) is 4.79 Å². The summed E-state index contributed by atoms with van der Waals surface area (Å²) >= 11 is 5.98. The third-order valence-corrected chi connectivity index (χ3v) is 4.06. The number of esters is 1. The molecule has 0 saturated carbocycles. The molecule has 6 nitrogen and oxygen atoms in total. The van der Waals surface area contributed by atoms with Gasteiger partial charge in [0.15, 0.2) is 6.10 Å². The summed E-state index contributed by atoms with van der Waals surface area (Å²) < 4.78 is 5.29. The second kappa shape index (κ2) is 7.85. The van der Waals surface area contributed by atoms with Gasteiger partial charge in [0.05, 0.1) is 22.3 Å². The number of pyridine rings is 1. The number of nitriles is 1. The number of rotatable bonds is 4. The van der Waals surface area contributed by atoms with E-state index in [0.717, 1.165) is 0 Å². The first kappa shape index (κ1) is 18.4. The monoisotopic (exact) mass is 379 g/mol. The minimum absolute atomic E-state index is 0.153. The van der Waals surface area contributed by atoms with Gasteiger partial charge in [0.2, 0.25) is 0 Å². The fourth-order valence-corrected chi connectivity index (χ4v) is 2.71. The number of benzene rings is 2. The predicted octanol–water partition coefficient (Wildman–Crippen LogP) is 3.94. The molecule has 1 amide bonds. The lowest BCUT2D eigenvalue weighted by Gasteiger charge is -2.15. The lowest BCUT2D eigenvalue weighted by molar-refractivity contribution is -0.123. The Labute approximate surface area is 160 Å². The van der Waals surface area contributed by atoms with Crippen LogP contribution in [0.2, 0.25) is 5.15 Å². The number of nitrogens with one attached hydrogen (secondary N) is 1. The fourth-order valence-electron chi connectivity index (χ4n) is 2.51. The Morgan fingerprint density at radius 2 is 1.89 bits per heavy atom. The van der Waals surface area contributed by atoms with Crippen LogP contribution in [-0.4, -0.2) is 23.0 Å². The summed E-state index contributed by atoms with van der Waals surface area (Å²) in [6, 6.07) is 17.0. The van der Waals surface area contributed by atoms with Crippen molar-refractivity contribution in [2.45, 2.75) is 13.0 Å². The zero-order chi connectivity index (χ0) is 19.4. The maximum absolute atomic E-state index is 12.6. The highest BCUT2D eigenvalue weighted by atomic mass is 35.5. The Bertz CT molecular complexity index is 1080. The Morgan fingerprint density at radius 1 is 1.19 bits per heavy atom. The van der Waals surface area contributed by atoms with Crippen LogP contribution in [0.3, 0.4) is 0 Å². The van der Waals surface area contributed by atoms with E-state index in [-0.39, 0.29) is 10.7 Å². The Balaban J connectivity index is 1.78. The van der Waals surface area contributed by atoms with Crippen LogP contribution in [0, 0.1) is 11.3 Å². The molecule has 1 N–H and O–H groups in total. The molecule has 0 aliphatic heterocycles. The molecular weight excluding hydrogens is 366 g/mol. The van der Waals surface area contributed by atoms with Crippen molar-refractivity contribution in [3.63, 3.8) is 0 Å². The summed E-state index contributed by atoms with van der Waals surface area (Å²) in [4.78, 5) is 29.1. The first-order valence-electron chi connectivity index (χ1n) is 8.06. The normalized spacial score (nSPS) is 11.4. The lowest BCUT2D eigenvalue weighted by atomic mass is 10.1. The van der Waals surface area contributed by atoms with Gasteiger partial charge < -0.3 is 10.1 Å². The van der Waals surface area contributed by atoms with Crippen molar-refractivity contribution in [1.82, 2.24) is 4.98 Å². The van der Waals surface area contributed by atoms with E-state index in [1.165, 1.54) is 13.0 Å². The summed E-state index contributed by atoms with van der Waals surface area (Å²) in [5.74, 6) is -1.23. The van der Waals surface area contributed by atoms with E-state index in [0.29, 0.717) is 22.2 Å². The number of aromatic nitrogens is 1. The SMILES string of the molecule is C[C@@H](OC(=O)c1cc(Cl)nc2ccccc12)C(=O)Nc1ccccc1C#N. The maximum atomic E-state index is 12.6. The van der Waals surface area contributed by atoms with Crippen molar-refractivity contribution in [3.05, 3.63) is 70.9 Å². The van der Waals surface area contributed by atoms with E-state index in [2.05, 4.69) is 10.3 Å². The zero-order valence-electron chi connectivity index (χ0n) is 14.3. The number of amides is 1. The topological polar surface area (TPSA) is 92.1 Å². The van der Waals surface area contributed by atoms with Gasteiger partial charge in [-0.05, 0) is 31.2 Å². The van der Waals surface area contributed by atoms with Crippen molar-refractivity contribution in [3.8, 4) is 6.07 Å². The minimum Gasteiger partial charge on any atom is -0.449 e. The second-order valence-corrected chi connectivity index (χ2v) is 6.09. The fraction of sp³-hybridized carbons (Fsp3) is 0.100. The smallest absolute Gasteiger partial charge is 0.339 e. The molecule has 134 valence electrons. The molecule has 1 heterocycles. The van der Waals surface area contributed by atoms with Crippen molar-refractivity contribution in [1.29, 1.82) is 5.26 Å². The van der Waals surface area contributed by atoms with Crippen molar-refractivity contribution < 1.29 is 14.3 Å². The van der Waals surface area contributed by atoms with Gasteiger partial charge in [-0.2, -0.15) is 5.26 Å². The van der Waals surface area contributed by atoms with Crippen molar-refractivity contribution >= 4 is 40.1 Å². The van der Waals surface area contributed by atoms with Crippen molar-refractivity contribution in [2.75, 3.05) is 5.32 Å². The number of nitrogens with zero attached hydrogens (tertiary/aromatic N) is 2. The summed E-state index contributed by atoms with van der Waals surface area (Å²) in [6.07, 6.45) is -1.07. The third-order valence-electron chi connectivity index (χ3n) is 3.86. The van der Waals surface area contributed by atoms with E-state index < -0.39 is 18.0 Å². The van der Waals surface area contributed by atoms with Crippen LogP contribution in [0.25, 0.3) is 10.9 Å². The molecule has 3 rings (SSSR count). The van der Waals surface area contributed by atoms with Crippen LogP contribution in [-0.2, 0) is 9.53 Å². The number of carbonyl (C=O) groups excluding carboxylic acids is 2. The molecule has 3 aromatic rings. The largest absolute Gasteiger partial charge is 0.449 e. The quantitative estimate of drug-likeness (QED) is 0.547. The Morgan fingerprint density at radius 3 is 2.67 bits per heavy atom. The summed E-state index contributed by atoms with van der Waals surface area (Å²) in [7, 11) is 0. The molecule has 1 aromatic heterocycles. The lowest BCUT2D eigenvalue weighted by Crippen LogP contribution is -2.30. The first-order valence-corrected chi connectivity index (χ1v) is 8.43. The standard InChI is InChI=1S/C20H14ClN3O3/c1-12(19(25)24-16-8-4-2-6-13(16)11-22)27-20(26)15-10-18(21)23-17-9-5-3-7-14(15)17/h2-10,12H,1H3,(H,24,25)/t12-/m1/s1. The van der Waals surface area contributed by atoms with E-state index in [4.69, 9.17) is 21.6 Å². The van der Waals surface area contributed by atoms with E-state index in [9.17, 15) is 9.59 Å². The number of ether oxygens (including phenoxy) is 1. The number of para-hydroxylation sites is 2. The highest BCUT2D eigenvalue weighted by molar-refractivity contribution is 6.30. The van der Waals surface area contributed by atoms with Gasteiger partial charge in [-0.15, -0.1) is 0 Å². The first-order chi connectivity index (χ1) is 13.0. The molecule has 0 unspecified atom stereocenters. The number of hydrogen-bond acceptors (Lipinski definition) is 5. The molecule has 2 aromatic carbocycles. The molecule has 0 aliphatic rings. The van der Waals surface area contributed by atoms with Gasteiger partial charge in [0.25, 0.3) is 5.91 Å². The van der Waals surface area contributed by atoms with E-state index in [1.54, 1.807) is 48.5 Å². The molecule has 1 atom stereocenters. The zero-order valence-corrected chi connectivity index (χ0v) is 15.0. The van der Waals surface area contributed by atoms with Crippen LogP contribution in [0.1, 0.15) is 22.8 Å². The molecule has 7 heteroatoms. The van der Waals surface area contributed by atoms with E-state index in [1.807, 2.05) is 6.07 Å². The average molecular weight is 380 g/mol. The van der Waals surface area contributed by atoms with Crippen LogP contribution < -0.4 is 5.32 Å². The van der Waals surface area contributed by atoms with Gasteiger partial charge in [-0.25, -0.2) is 9.78 Å². The Hall–Kier alpha value is -3.43. The van der Waals surface area contributed by atoms with Crippen LogP contribution >= 0.6 is 11.6 Å². The van der Waals surface area contributed by atoms with Crippen LogP contribution in [0.15, 0.2) is 54.6 Å². The minimum atomic E-state index is -1.07. The number of carbonyl (C=O) groups is 2. The van der Waals surface area contributed by atoms with Gasteiger partial charge in [0, 0.05) is 5.39 Å². The molecule has 27 heavy (non-hydrogen) atoms. The molecule has 0 spiro atoms. The predicted molar refractivity (Wildman–Crippen MR) is 101 cm³/mol. The van der Waals surface area contributed by atoms with Gasteiger partial charge in [0.1, 0.15) is 11.2 Å². The van der Waals surface area contributed by atoms with E-state index >= 15 is 0 Å². The van der Waals surface area contributed by atoms with Crippen molar-refractivity contribution in [2.24, 2.45) is 0 Å². The molecule has 0 aliphatic carbocycles. The highest BCUT2D eigenvalue weighted by Gasteiger charge is 2.22. The Kier molecular flexibility index (Phi) is 5.34. The highest BCUT2D eigenvalue weighted by Crippen LogP contribution is 2.22. The van der Waals surface area contributed by atoms with Gasteiger partial charge >= 0.3 is 5.97 Å². The number of anilines is 1. The molecule has 0 radical (unpaired) electrons. The number of hydrogen-bond donors (Lipinski definition) is 1. The number of halogens is 1. The molecule has 0 bridgehead atoms. The number of fused-ring (bicyclic) bond motifs is 1. The van der Waals surface area contributed by atoms with Gasteiger partial charge in [-0.1, -0.05) is 41.9 Å². The third kappa shape index (κ3) is 4.05. The second-order valence-electron chi connectivity index (χ2n) is 5.70. The summed E-state index contributed by atoms with van der Waals surface area (Å²) in [6.45, 7) is 1.45. The molecule has 0 fully saturated rings. The maximum Gasteiger partial charge on any atom is 0.339 e. The van der Waals surface area contributed by atoms with Crippen LogP contribution in [0.4, 0.5) is 5.69 Å². The average Bonchev–Trinajstić information content (AvgIpc) is 2.67. The summed E-state index contributed by atoms with van der Waals surface area (Å²) in [5.41, 5.74) is 1.45. The molecule has 0 saturated heterocycles. The van der Waals surface area contributed by atoms with Crippen LogP contribution in [0.5, 0.6) is 0 Å².